The summed E-state index contributed by atoms with van der Waals surface area (Å²) in [5, 5.41) is 15.9. The zero-order chi connectivity index (χ0) is 23.2. The van der Waals surface area contributed by atoms with Crippen LogP contribution in [0.4, 0.5) is 0 Å². The van der Waals surface area contributed by atoms with Gasteiger partial charge in [-0.3, -0.25) is 4.79 Å². The predicted molar refractivity (Wildman–Crippen MR) is 130 cm³/mol. The van der Waals surface area contributed by atoms with Gasteiger partial charge in [-0.25, -0.2) is 0 Å². The van der Waals surface area contributed by atoms with Crippen LogP contribution in [0.3, 0.4) is 0 Å². The van der Waals surface area contributed by atoms with Gasteiger partial charge in [0.2, 0.25) is 5.91 Å². The lowest BCUT2D eigenvalue weighted by Gasteiger charge is -2.38. The minimum atomic E-state index is -0.482. The van der Waals surface area contributed by atoms with E-state index in [0.29, 0.717) is 12.3 Å². The maximum Gasteiger partial charge on any atom is 0.227 e. The molecule has 0 spiro atoms. The predicted octanol–water partition coefficient (Wildman–Crippen LogP) is 5.78. The molecule has 0 fully saturated rings. The van der Waals surface area contributed by atoms with Gasteiger partial charge in [-0.05, 0) is 87.4 Å². The Hall–Kier alpha value is -3.01. The van der Waals surface area contributed by atoms with Crippen LogP contribution in [0.2, 0.25) is 0 Å². The zero-order valence-electron chi connectivity index (χ0n) is 19.9. The van der Waals surface area contributed by atoms with Gasteiger partial charge in [0.05, 0.1) is 12.5 Å². The van der Waals surface area contributed by atoms with Crippen LogP contribution < -0.4 is 10.1 Å². The van der Waals surface area contributed by atoms with Crippen molar-refractivity contribution in [3.05, 3.63) is 69.8 Å². The first kappa shape index (κ1) is 22.2. The first-order chi connectivity index (χ1) is 15.1. The van der Waals surface area contributed by atoms with E-state index in [1.807, 2.05) is 33.8 Å². The Bertz CT molecular complexity index is 1210. The third-order valence-corrected chi connectivity index (χ3v) is 7.14. The topological polar surface area (TPSA) is 58.6 Å². The molecule has 4 nitrogen and oxygen atoms in total. The van der Waals surface area contributed by atoms with Crippen molar-refractivity contribution in [3.8, 4) is 11.5 Å². The molecule has 168 valence electrons. The number of rotatable bonds is 4. The molecule has 2 N–H and O–H groups in total. The average molecular weight is 432 g/mol. The molecule has 1 heterocycles. The van der Waals surface area contributed by atoms with E-state index < -0.39 is 5.60 Å². The third kappa shape index (κ3) is 3.94. The van der Waals surface area contributed by atoms with E-state index in [0.717, 1.165) is 51.8 Å². The van der Waals surface area contributed by atoms with Crippen LogP contribution in [0.15, 0.2) is 36.4 Å². The number of fused-ring (bicyclic) bond motifs is 2. The molecule has 4 rings (SSSR count). The van der Waals surface area contributed by atoms with Gasteiger partial charge in [0.15, 0.2) is 0 Å². The molecule has 3 aromatic carbocycles. The molecule has 0 saturated carbocycles. The Morgan fingerprint density at radius 1 is 1.06 bits per heavy atom. The average Bonchev–Trinajstić information content (AvgIpc) is 2.79. The molecular formula is C28H33NO3. The molecule has 2 atom stereocenters. The molecule has 32 heavy (non-hydrogen) atoms. The summed E-state index contributed by atoms with van der Waals surface area (Å²) >= 11 is 0. The molecule has 1 aliphatic heterocycles. The second-order valence-corrected chi connectivity index (χ2v) is 9.63. The van der Waals surface area contributed by atoms with Gasteiger partial charge < -0.3 is 15.2 Å². The Morgan fingerprint density at radius 2 is 1.75 bits per heavy atom. The fraction of sp³-hybridized carbons (Fsp3) is 0.393. The van der Waals surface area contributed by atoms with Gasteiger partial charge >= 0.3 is 0 Å². The zero-order valence-corrected chi connectivity index (χ0v) is 19.9. The fourth-order valence-corrected chi connectivity index (χ4v) is 4.65. The molecule has 4 heteroatoms. The number of carbonyl (C=O) groups excluding carboxylic acids is 1. The summed E-state index contributed by atoms with van der Waals surface area (Å²) in [5.41, 5.74) is 5.56. The van der Waals surface area contributed by atoms with Crippen LogP contribution in [0.5, 0.6) is 11.5 Å². The summed E-state index contributed by atoms with van der Waals surface area (Å²) in [5.74, 6) is 0.977. The van der Waals surface area contributed by atoms with Crippen LogP contribution in [0, 0.1) is 27.7 Å². The summed E-state index contributed by atoms with van der Waals surface area (Å²) in [6.07, 6.45) is 1.61. The summed E-state index contributed by atoms with van der Waals surface area (Å²) < 4.78 is 6.45. The number of carbonyl (C=O) groups is 1. The Morgan fingerprint density at radius 3 is 2.50 bits per heavy atom. The van der Waals surface area contributed by atoms with Gasteiger partial charge in [0.25, 0.3) is 0 Å². The van der Waals surface area contributed by atoms with E-state index in [1.165, 1.54) is 10.9 Å². The van der Waals surface area contributed by atoms with Gasteiger partial charge in [-0.2, -0.15) is 0 Å². The van der Waals surface area contributed by atoms with E-state index in [1.54, 1.807) is 0 Å². The largest absolute Gasteiger partial charge is 0.507 e. The van der Waals surface area contributed by atoms with Crippen molar-refractivity contribution in [2.75, 3.05) is 6.54 Å². The molecule has 1 amide bonds. The molecule has 0 aromatic heterocycles. The van der Waals surface area contributed by atoms with Gasteiger partial charge in [-0.1, -0.05) is 42.0 Å². The standard InChI is InChI=1S/C28H33NO3/c1-16-7-8-23-14-21(9-10-22(23)13-16)19(4)27(31)29-15-28(6)12-11-24-20(5)25(30)17(2)18(3)26(24)32-28/h7-10,13-14,19,30H,11-12,15H2,1-6H3,(H,29,31). The molecule has 0 bridgehead atoms. The highest BCUT2D eigenvalue weighted by Gasteiger charge is 2.35. The number of hydrogen-bond donors (Lipinski definition) is 2. The summed E-state index contributed by atoms with van der Waals surface area (Å²) in [4.78, 5) is 13.0. The number of amides is 1. The second-order valence-electron chi connectivity index (χ2n) is 9.63. The molecule has 0 radical (unpaired) electrons. The van der Waals surface area contributed by atoms with Crippen molar-refractivity contribution in [1.29, 1.82) is 0 Å². The molecule has 0 aliphatic carbocycles. The van der Waals surface area contributed by atoms with Crippen molar-refractivity contribution in [2.45, 2.75) is 65.9 Å². The Labute approximate surface area is 190 Å². The highest BCUT2D eigenvalue weighted by Crippen LogP contribution is 2.43. The highest BCUT2D eigenvalue weighted by atomic mass is 16.5. The second kappa shape index (κ2) is 8.16. The minimum Gasteiger partial charge on any atom is -0.507 e. The molecular weight excluding hydrogens is 398 g/mol. The van der Waals surface area contributed by atoms with Crippen LogP contribution in [-0.2, 0) is 11.2 Å². The van der Waals surface area contributed by atoms with Crippen molar-refractivity contribution in [3.63, 3.8) is 0 Å². The highest BCUT2D eigenvalue weighted by molar-refractivity contribution is 5.88. The minimum absolute atomic E-state index is 0.00173. The Kier molecular flexibility index (Phi) is 5.66. The van der Waals surface area contributed by atoms with Crippen LogP contribution >= 0.6 is 0 Å². The van der Waals surface area contributed by atoms with Crippen molar-refractivity contribution in [1.82, 2.24) is 5.32 Å². The molecule has 0 saturated heterocycles. The number of hydrogen-bond acceptors (Lipinski definition) is 3. The lowest BCUT2D eigenvalue weighted by atomic mass is 9.87. The van der Waals surface area contributed by atoms with Crippen molar-refractivity contribution >= 4 is 16.7 Å². The van der Waals surface area contributed by atoms with E-state index in [2.05, 4.69) is 49.5 Å². The maximum absolute atomic E-state index is 13.0. The smallest absolute Gasteiger partial charge is 0.227 e. The van der Waals surface area contributed by atoms with Crippen LogP contribution in [-0.4, -0.2) is 23.2 Å². The molecule has 3 aromatic rings. The maximum atomic E-state index is 13.0. The lowest BCUT2D eigenvalue weighted by Crippen LogP contribution is -2.48. The van der Waals surface area contributed by atoms with Crippen LogP contribution in [0.25, 0.3) is 10.8 Å². The number of nitrogens with one attached hydrogen (secondary N) is 1. The number of aromatic hydroxyl groups is 1. The number of aryl methyl sites for hydroxylation is 1. The van der Waals surface area contributed by atoms with Crippen molar-refractivity contribution in [2.24, 2.45) is 0 Å². The van der Waals surface area contributed by atoms with Crippen LogP contribution in [0.1, 0.15) is 59.6 Å². The summed E-state index contributed by atoms with van der Waals surface area (Å²) in [6.45, 7) is 12.4. The summed E-state index contributed by atoms with van der Waals surface area (Å²) in [6, 6.07) is 12.6. The Balaban J connectivity index is 1.48. The van der Waals surface area contributed by atoms with E-state index in [-0.39, 0.29) is 11.8 Å². The summed E-state index contributed by atoms with van der Waals surface area (Å²) in [7, 11) is 0. The number of phenolic OH excluding ortho intramolecular Hbond substituents is 1. The quantitative estimate of drug-likeness (QED) is 0.550. The lowest BCUT2D eigenvalue weighted by molar-refractivity contribution is -0.123. The number of phenols is 1. The van der Waals surface area contributed by atoms with Gasteiger partial charge in [0.1, 0.15) is 17.1 Å². The van der Waals surface area contributed by atoms with Gasteiger partial charge in [0, 0.05) is 5.56 Å². The normalized spacial score (nSPS) is 18.7. The van der Waals surface area contributed by atoms with E-state index in [4.69, 9.17) is 4.74 Å². The van der Waals surface area contributed by atoms with Crippen molar-refractivity contribution < 1.29 is 14.6 Å². The third-order valence-electron chi connectivity index (χ3n) is 7.14. The monoisotopic (exact) mass is 431 g/mol. The van der Waals surface area contributed by atoms with E-state index >= 15 is 0 Å². The number of ether oxygens (including phenoxy) is 1. The van der Waals surface area contributed by atoms with Gasteiger partial charge in [-0.15, -0.1) is 0 Å². The fourth-order valence-electron chi connectivity index (χ4n) is 4.65. The molecule has 1 aliphatic rings. The molecule has 2 unspecified atom stereocenters. The first-order valence-corrected chi connectivity index (χ1v) is 11.4. The SMILES string of the molecule is Cc1ccc2cc(C(C)C(=O)NCC3(C)CCc4c(C)c(O)c(C)c(C)c4O3)ccc2c1. The van der Waals surface area contributed by atoms with E-state index in [9.17, 15) is 9.90 Å². The number of benzene rings is 3. The first-order valence-electron chi connectivity index (χ1n) is 11.4.